The Balaban J connectivity index is 1.55. The van der Waals surface area contributed by atoms with Crippen LogP contribution in [0.3, 0.4) is 0 Å². The van der Waals surface area contributed by atoms with Crippen molar-refractivity contribution in [1.29, 1.82) is 0 Å². The Morgan fingerprint density at radius 1 is 1.19 bits per heavy atom. The third-order valence-electron chi connectivity index (χ3n) is 5.89. The minimum atomic E-state index is -0.746. The number of hydrogen-bond acceptors (Lipinski definition) is 8. The molecule has 8 heteroatoms. The number of esters is 1. The predicted molar refractivity (Wildman–Crippen MR) is 111 cm³/mol. The number of benzene rings is 1. The molecule has 3 aliphatic rings. The van der Waals surface area contributed by atoms with Crippen molar-refractivity contribution in [2.45, 2.75) is 70.2 Å². The van der Waals surface area contributed by atoms with E-state index in [0.29, 0.717) is 26.4 Å². The van der Waals surface area contributed by atoms with Crippen molar-refractivity contribution < 1.29 is 33.2 Å². The van der Waals surface area contributed by atoms with E-state index in [9.17, 15) is 4.79 Å². The van der Waals surface area contributed by atoms with Gasteiger partial charge in [-0.2, -0.15) is 0 Å². The SMILES string of the molecule is CCOC(=O)C[C@@H]([C@H]1O[C@@H]2OC(C)(C)O[C@@H]2[C@H]1OCc1ccccc1)N1CCOCC1. The fraction of sp³-hybridized carbons (Fsp3) is 0.696. The maximum atomic E-state index is 12.4. The summed E-state index contributed by atoms with van der Waals surface area (Å²) in [7, 11) is 0. The molecule has 0 spiro atoms. The number of fused-ring (bicyclic) bond motifs is 1. The zero-order chi connectivity index (χ0) is 21.8. The van der Waals surface area contributed by atoms with Gasteiger partial charge in [-0.25, -0.2) is 0 Å². The lowest BCUT2D eigenvalue weighted by molar-refractivity contribution is -0.228. The van der Waals surface area contributed by atoms with E-state index >= 15 is 0 Å². The number of morpholine rings is 1. The summed E-state index contributed by atoms with van der Waals surface area (Å²) in [6.07, 6.45) is -1.46. The summed E-state index contributed by atoms with van der Waals surface area (Å²) in [5.41, 5.74) is 1.07. The lowest BCUT2D eigenvalue weighted by atomic mass is 9.98. The Labute approximate surface area is 183 Å². The minimum Gasteiger partial charge on any atom is -0.466 e. The molecule has 0 aromatic heterocycles. The summed E-state index contributed by atoms with van der Waals surface area (Å²) in [6.45, 7) is 9.01. The highest BCUT2D eigenvalue weighted by Gasteiger charge is 2.58. The maximum Gasteiger partial charge on any atom is 0.307 e. The largest absolute Gasteiger partial charge is 0.466 e. The van der Waals surface area contributed by atoms with Gasteiger partial charge in [0.05, 0.1) is 32.8 Å². The molecule has 0 saturated carbocycles. The van der Waals surface area contributed by atoms with E-state index in [0.717, 1.165) is 18.7 Å². The first-order valence-electron chi connectivity index (χ1n) is 11.1. The van der Waals surface area contributed by atoms with Gasteiger partial charge in [-0.15, -0.1) is 0 Å². The van der Waals surface area contributed by atoms with Gasteiger partial charge in [-0.3, -0.25) is 9.69 Å². The van der Waals surface area contributed by atoms with Crippen LogP contribution in [-0.4, -0.2) is 80.2 Å². The molecule has 31 heavy (non-hydrogen) atoms. The lowest BCUT2D eigenvalue weighted by Crippen LogP contribution is -2.54. The quantitative estimate of drug-likeness (QED) is 0.575. The summed E-state index contributed by atoms with van der Waals surface area (Å²) in [6, 6.07) is 9.78. The van der Waals surface area contributed by atoms with E-state index in [1.807, 2.05) is 51.1 Å². The number of nitrogens with zero attached hydrogens (tertiary/aromatic N) is 1. The first-order chi connectivity index (χ1) is 15.0. The number of carbonyl (C=O) groups is 1. The van der Waals surface area contributed by atoms with Gasteiger partial charge in [0.15, 0.2) is 12.1 Å². The summed E-state index contributed by atoms with van der Waals surface area (Å²) < 4.78 is 35.7. The van der Waals surface area contributed by atoms with E-state index in [-0.39, 0.29) is 30.6 Å². The molecule has 4 rings (SSSR count). The van der Waals surface area contributed by atoms with E-state index in [1.54, 1.807) is 0 Å². The normalized spacial score (nSPS) is 31.3. The summed E-state index contributed by atoms with van der Waals surface area (Å²) >= 11 is 0. The fourth-order valence-electron chi connectivity index (χ4n) is 4.52. The van der Waals surface area contributed by atoms with Gasteiger partial charge < -0.3 is 28.4 Å². The molecule has 0 radical (unpaired) electrons. The third-order valence-corrected chi connectivity index (χ3v) is 5.89. The van der Waals surface area contributed by atoms with Crippen molar-refractivity contribution >= 4 is 5.97 Å². The van der Waals surface area contributed by atoms with Crippen molar-refractivity contribution in [3.8, 4) is 0 Å². The first kappa shape index (κ1) is 22.6. The smallest absolute Gasteiger partial charge is 0.307 e. The molecule has 3 saturated heterocycles. The van der Waals surface area contributed by atoms with Gasteiger partial charge in [0.2, 0.25) is 0 Å². The van der Waals surface area contributed by atoms with Crippen LogP contribution < -0.4 is 0 Å². The average molecular weight is 436 g/mol. The van der Waals surface area contributed by atoms with Gasteiger partial charge in [0, 0.05) is 19.1 Å². The zero-order valence-electron chi connectivity index (χ0n) is 18.5. The highest BCUT2D eigenvalue weighted by molar-refractivity contribution is 5.70. The van der Waals surface area contributed by atoms with Crippen LogP contribution in [0.5, 0.6) is 0 Å². The Kier molecular flexibility index (Phi) is 7.26. The summed E-state index contributed by atoms with van der Waals surface area (Å²) in [5.74, 6) is -0.992. The van der Waals surface area contributed by atoms with Gasteiger partial charge in [-0.1, -0.05) is 30.3 Å². The number of rotatable bonds is 8. The molecule has 5 atom stereocenters. The van der Waals surface area contributed by atoms with Crippen LogP contribution in [0.4, 0.5) is 0 Å². The molecule has 1 aromatic carbocycles. The molecule has 3 fully saturated rings. The molecule has 0 unspecified atom stereocenters. The molecule has 0 bridgehead atoms. The van der Waals surface area contributed by atoms with Crippen LogP contribution in [0.25, 0.3) is 0 Å². The number of ether oxygens (including phenoxy) is 6. The summed E-state index contributed by atoms with van der Waals surface area (Å²) in [5, 5.41) is 0. The topological polar surface area (TPSA) is 75.7 Å². The number of hydrogen-bond donors (Lipinski definition) is 0. The summed E-state index contributed by atoms with van der Waals surface area (Å²) in [4.78, 5) is 14.7. The molecular weight excluding hydrogens is 402 g/mol. The highest BCUT2D eigenvalue weighted by Crippen LogP contribution is 2.41. The zero-order valence-corrected chi connectivity index (χ0v) is 18.5. The average Bonchev–Trinajstić information content (AvgIpc) is 3.23. The molecule has 172 valence electrons. The van der Waals surface area contributed by atoms with Gasteiger partial charge in [-0.05, 0) is 26.3 Å². The van der Waals surface area contributed by atoms with Crippen LogP contribution in [0.15, 0.2) is 30.3 Å². The minimum absolute atomic E-state index is 0.215. The van der Waals surface area contributed by atoms with Crippen LogP contribution in [0.1, 0.15) is 32.8 Å². The van der Waals surface area contributed by atoms with Crippen molar-refractivity contribution in [1.82, 2.24) is 4.90 Å². The number of carbonyl (C=O) groups excluding carboxylic acids is 1. The van der Waals surface area contributed by atoms with Crippen LogP contribution >= 0.6 is 0 Å². The Hall–Kier alpha value is -1.55. The van der Waals surface area contributed by atoms with Gasteiger partial charge in [0.25, 0.3) is 0 Å². The molecular formula is C23H33NO7. The molecule has 1 aromatic rings. The van der Waals surface area contributed by atoms with Crippen molar-refractivity contribution in [2.24, 2.45) is 0 Å². The first-order valence-corrected chi connectivity index (χ1v) is 11.1. The Morgan fingerprint density at radius 3 is 2.65 bits per heavy atom. The monoisotopic (exact) mass is 435 g/mol. The third kappa shape index (κ3) is 5.45. The van der Waals surface area contributed by atoms with E-state index in [2.05, 4.69) is 4.90 Å². The molecule has 0 aliphatic carbocycles. The Bertz CT molecular complexity index is 722. The second kappa shape index (κ2) is 9.94. The van der Waals surface area contributed by atoms with Crippen LogP contribution in [0, 0.1) is 0 Å². The second-order valence-corrected chi connectivity index (χ2v) is 8.56. The highest BCUT2D eigenvalue weighted by atomic mass is 16.8. The molecule has 8 nitrogen and oxygen atoms in total. The molecule has 3 heterocycles. The van der Waals surface area contributed by atoms with Crippen molar-refractivity contribution in [3.05, 3.63) is 35.9 Å². The van der Waals surface area contributed by atoms with E-state index in [4.69, 9.17) is 28.4 Å². The molecule has 0 N–H and O–H groups in total. The van der Waals surface area contributed by atoms with Crippen LogP contribution in [-0.2, 0) is 39.8 Å². The van der Waals surface area contributed by atoms with Gasteiger partial charge in [0.1, 0.15) is 18.3 Å². The fourth-order valence-corrected chi connectivity index (χ4v) is 4.52. The predicted octanol–water partition coefficient (Wildman–Crippen LogP) is 2.10. The van der Waals surface area contributed by atoms with Crippen LogP contribution in [0.2, 0.25) is 0 Å². The second-order valence-electron chi connectivity index (χ2n) is 8.56. The van der Waals surface area contributed by atoms with Crippen molar-refractivity contribution in [2.75, 3.05) is 32.9 Å². The molecule has 3 aliphatic heterocycles. The van der Waals surface area contributed by atoms with E-state index in [1.165, 1.54) is 0 Å². The van der Waals surface area contributed by atoms with Gasteiger partial charge >= 0.3 is 5.97 Å². The molecule has 0 amide bonds. The van der Waals surface area contributed by atoms with E-state index < -0.39 is 18.2 Å². The lowest BCUT2D eigenvalue weighted by Gasteiger charge is -2.39. The maximum absolute atomic E-state index is 12.4. The van der Waals surface area contributed by atoms with Crippen molar-refractivity contribution in [3.63, 3.8) is 0 Å². The Morgan fingerprint density at radius 2 is 1.94 bits per heavy atom. The standard InChI is InChI=1S/C23H33NO7/c1-4-27-18(25)14-17(24-10-12-26-13-11-24)19-20(28-15-16-8-6-5-7-9-16)21-22(29-19)31-23(2,3)30-21/h5-9,17,19-22H,4,10-15H2,1-3H3/t17-,19+,20-,21+,22+/m0/s1.